The molecule has 1 atom stereocenters. The molecule has 0 bridgehead atoms. The van der Waals surface area contributed by atoms with Crippen LogP contribution in [-0.4, -0.2) is 61.4 Å². The van der Waals surface area contributed by atoms with E-state index in [9.17, 15) is 18.0 Å². The van der Waals surface area contributed by atoms with Crippen molar-refractivity contribution >= 4 is 33.4 Å². The van der Waals surface area contributed by atoms with Gasteiger partial charge in [0.2, 0.25) is 21.8 Å². The highest BCUT2D eigenvalue weighted by molar-refractivity contribution is 7.89. The van der Waals surface area contributed by atoms with Gasteiger partial charge >= 0.3 is 0 Å². The van der Waals surface area contributed by atoms with Crippen molar-refractivity contribution in [1.29, 1.82) is 0 Å². The van der Waals surface area contributed by atoms with Gasteiger partial charge in [0, 0.05) is 18.1 Å². The van der Waals surface area contributed by atoms with Crippen LogP contribution in [0, 0.1) is 5.92 Å². The van der Waals surface area contributed by atoms with Crippen molar-refractivity contribution in [3.8, 4) is 0 Å². The van der Waals surface area contributed by atoms with Gasteiger partial charge in [-0.25, -0.2) is 8.42 Å². The van der Waals surface area contributed by atoms with Gasteiger partial charge in [0.15, 0.2) is 0 Å². The monoisotopic (exact) mass is 431 g/mol. The van der Waals surface area contributed by atoms with Crippen LogP contribution < -0.4 is 10.6 Å². The molecular weight excluding hydrogens is 406 g/mol. The summed E-state index contributed by atoms with van der Waals surface area (Å²) in [7, 11) is -3.72. The summed E-state index contributed by atoms with van der Waals surface area (Å²) < 4.78 is 26.9. The van der Waals surface area contributed by atoms with Crippen LogP contribution in [0.25, 0.3) is 0 Å². The number of hydrogen-bond acceptors (Lipinski definition) is 5. The van der Waals surface area contributed by atoms with E-state index in [0.29, 0.717) is 24.4 Å². The maximum Gasteiger partial charge on any atom is 0.243 e. The maximum atomic E-state index is 12.8. The zero-order chi connectivity index (χ0) is 20.9. The summed E-state index contributed by atoms with van der Waals surface area (Å²) in [6.45, 7) is 3.25. The van der Waals surface area contributed by atoms with Crippen LogP contribution in [0.15, 0.2) is 29.2 Å². The number of piperidine rings is 1. The molecule has 1 unspecified atom stereocenters. The number of carbonyl (C=O) groups is 2. The quantitative estimate of drug-likeness (QED) is 0.589. The number of sulfonamides is 1. The highest BCUT2D eigenvalue weighted by Crippen LogP contribution is 2.24. The molecule has 1 aliphatic rings. The molecule has 28 heavy (non-hydrogen) atoms. The maximum absolute atomic E-state index is 12.8. The van der Waals surface area contributed by atoms with Crippen LogP contribution >= 0.6 is 11.6 Å². The van der Waals surface area contributed by atoms with Crippen molar-refractivity contribution in [2.24, 2.45) is 5.92 Å². The summed E-state index contributed by atoms with van der Waals surface area (Å²) in [5, 5.41) is 14.8. The van der Waals surface area contributed by atoms with Crippen LogP contribution in [0.1, 0.15) is 26.7 Å². The number of rotatable bonds is 7. The number of benzene rings is 1. The molecule has 1 heterocycles. The summed E-state index contributed by atoms with van der Waals surface area (Å²) >= 11 is 5.81. The average Bonchev–Trinajstić information content (AvgIpc) is 2.66. The second-order valence-corrected chi connectivity index (χ2v) is 9.84. The first-order valence-corrected chi connectivity index (χ1v) is 10.8. The normalized spacial score (nSPS) is 18.5. The van der Waals surface area contributed by atoms with Gasteiger partial charge in [0.05, 0.1) is 29.5 Å². The van der Waals surface area contributed by atoms with E-state index in [-0.39, 0.29) is 30.5 Å². The molecule has 1 saturated heterocycles. The van der Waals surface area contributed by atoms with Gasteiger partial charge in [-0.15, -0.1) is 0 Å². The third-order valence-electron chi connectivity index (χ3n) is 4.50. The zero-order valence-electron chi connectivity index (χ0n) is 15.9. The fourth-order valence-corrected chi connectivity index (χ4v) is 4.55. The summed E-state index contributed by atoms with van der Waals surface area (Å²) in [5.74, 6) is -1.32. The summed E-state index contributed by atoms with van der Waals surface area (Å²) in [6.07, 6.45) is 1.09. The van der Waals surface area contributed by atoms with Gasteiger partial charge in [-0.3, -0.25) is 9.59 Å². The van der Waals surface area contributed by atoms with E-state index in [0.717, 1.165) is 0 Å². The van der Waals surface area contributed by atoms with Crippen molar-refractivity contribution < 1.29 is 23.1 Å². The molecule has 10 heteroatoms. The Kier molecular flexibility index (Phi) is 7.44. The Morgan fingerprint density at radius 1 is 1.29 bits per heavy atom. The Balaban J connectivity index is 1.96. The van der Waals surface area contributed by atoms with E-state index in [1.807, 2.05) is 0 Å². The van der Waals surface area contributed by atoms with E-state index in [1.165, 1.54) is 28.6 Å². The van der Waals surface area contributed by atoms with Crippen LogP contribution in [-0.2, 0) is 19.6 Å². The number of carbonyl (C=O) groups excluding carboxylic acids is 2. The van der Waals surface area contributed by atoms with Crippen molar-refractivity contribution in [3.63, 3.8) is 0 Å². The zero-order valence-corrected chi connectivity index (χ0v) is 17.5. The Morgan fingerprint density at radius 2 is 1.93 bits per heavy atom. The minimum Gasteiger partial charge on any atom is -0.394 e. The molecule has 0 aliphatic carbocycles. The molecule has 1 aromatic carbocycles. The predicted molar refractivity (Wildman–Crippen MR) is 105 cm³/mol. The standard InChI is InChI=1S/C18H26ClN3O5S/c1-18(2,12-23)21-16(24)10-20-17(25)13-4-3-9-22(11-13)28(26,27)15-7-5-14(19)6-8-15/h5-8,13,23H,3-4,9-12H2,1-2H3,(H,20,25)(H,21,24). The minimum atomic E-state index is -3.72. The topological polar surface area (TPSA) is 116 Å². The summed E-state index contributed by atoms with van der Waals surface area (Å²) in [4.78, 5) is 24.4. The number of amides is 2. The Morgan fingerprint density at radius 3 is 2.54 bits per heavy atom. The van der Waals surface area contributed by atoms with E-state index >= 15 is 0 Å². The number of nitrogens with one attached hydrogen (secondary N) is 2. The fraction of sp³-hybridized carbons (Fsp3) is 0.556. The lowest BCUT2D eigenvalue weighted by Gasteiger charge is -2.31. The molecule has 2 amide bonds. The van der Waals surface area contributed by atoms with Gasteiger partial charge in [0.25, 0.3) is 0 Å². The van der Waals surface area contributed by atoms with Gasteiger partial charge in [-0.2, -0.15) is 4.31 Å². The lowest BCUT2D eigenvalue weighted by Crippen LogP contribution is -2.51. The van der Waals surface area contributed by atoms with Crippen LogP contribution in [0.4, 0.5) is 0 Å². The predicted octanol–water partition coefficient (Wildman–Crippen LogP) is 0.744. The van der Waals surface area contributed by atoms with E-state index in [2.05, 4.69) is 10.6 Å². The lowest BCUT2D eigenvalue weighted by molar-refractivity contribution is -0.130. The molecule has 8 nitrogen and oxygen atoms in total. The molecule has 1 fully saturated rings. The second-order valence-electron chi connectivity index (χ2n) is 7.46. The minimum absolute atomic E-state index is 0.0561. The Hall–Kier alpha value is -1.68. The number of nitrogens with zero attached hydrogens (tertiary/aromatic N) is 1. The molecule has 0 saturated carbocycles. The summed E-state index contributed by atoms with van der Waals surface area (Å²) in [6, 6.07) is 5.90. The van der Waals surface area contributed by atoms with Gasteiger partial charge in [-0.05, 0) is 51.0 Å². The molecule has 156 valence electrons. The number of halogens is 1. The molecule has 0 radical (unpaired) electrons. The largest absolute Gasteiger partial charge is 0.394 e. The molecule has 2 rings (SSSR count). The molecule has 3 N–H and O–H groups in total. The van der Waals surface area contributed by atoms with E-state index < -0.39 is 27.4 Å². The first-order valence-electron chi connectivity index (χ1n) is 9.00. The molecular formula is C18H26ClN3O5S. The van der Waals surface area contributed by atoms with Crippen molar-refractivity contribution in [3.05, 3.63) is 29.3 Å². The van der Waals surface area contributed by atoms with Crippen molar-refractivity contribution in [1.82, 2.24) is 14.9 Å². The first kappa shape index (κ1) is 22.6. The van der Waals surface area contributed by atoms with Gasteiger partial charge in [0.1, 0.15) is 0 Å². The Bertz CT molecular complexity index is 811. The average molecular weight is 432 g/mol. The van der Waals surface area contributed by atoms with Gasteiger partial charge < -0.3 is 15.7 Å². The van der Waals surface area contributed by atoms with Crippen molar-refractivity contribution in [2.75, 3.05) is 26.2 Å². The molecule has 1 aliphatic heterocycles. The third kappa shape index (κ3) is 5.91. The van der Waals surface area contributed by atoms with Crippen LogP contribution in [0.2, 0.25) is 5.02 Å². The highest BCUT2D eigenvalue weighted by atomic mass is 35.5. The number of aliphatic hydroxyl groups is 1. The summed E-state index contributed by atoms with van der Waals surface area (Å²) in [5.41, 5.74) is -0.782. The highest BCUT2D eigenvalue weighted by Gasteiger charge is 2.33. The lowest BCUT2D eigenvalue weighted by atomic mass is 9.99. The molecule has 1 aromatic rings. The number of aliphatic hydroxyl groups excluding tert-OH is 1. The van der Waals surface area contributed by atoms with Crippen LogP contribution in [0.3, 0.4) is 0 Å². The van der Waals surface area contributed by atoms with E-state index in [1.54, 1.807) is 13.8 Å². The van der Waals surface area contributed by atoms with Gasteiger partial charge in [-0.1, -0.05) is 11.6 Å². The fourth-order valence-electron chi connectivity index (χ4n) is 2.90. The van der Waals surface area contributed by atoms with Crippen molar-refractivity contribution in [2.45, 2.75) is 37.1 Å². The Labute approximate surface area is 170 Å². The molecule has 0 spiro atoms. The van der Waals surface area contributed by atoms with E-state index in [4.69, 9.17) is 16.7 Å². The molecule has 0 aromatic heterocycles. The van der Waals surface area contributed by atoms with Crippen LogP contribution in [0.5, 0.6) is 0 Å². The third-order valence-corrected chi connectivity index (χ3v) is 6.63. The first-order chi connectivity index (χ1) is 13.0. The smallest absolute Gasteiger partial charge is 0.243 e. The number of hydrogen-bond donors (Lipinski definition) is 3. The second kappa shape index (κ2) is 9.21. The SMILES string of the molecule is CC(C)(CO)NC(=O)CNC(=O)C1CCCN(S(=O)(=O)c2ccc(Cl)cc2)C1.